The summed E-state index contributed by atoms with van der Waals surface area (Å²) in [6, 6.07) is 2.00. The first kappa shape index (κ1) is 12.0. The van der Waals surface area contributed by atoms with Crippen LogP contribution < -0.4 is 0 Å². The van der Waals surface area contributed by atoms with Crippen molar-refractivity contribution in [1.82, 2.24) is 0 Å². The molecule has 0 amide bonds. The van der Waals surface area contributed by atoms with E-state index in [-0.39, 0.29) is 11.8 Å². The molecule has 0 N–H and O–H groups in total. The van der Waals surface area contributed by atoms with E-state index >= 15 is 0 Å². The Labute approximate surface area is 104 Å². The average molecular weight is 250 g/mol. The molecule has 0 saturated carbocycles. The van der Waals surface area contributed by atoms with Crippen LogP contribution in [0.2, 0.25) is 0 Å². The monoisotopic (exact) mass is 250 g/mol. The molecule has 0 saturated heterocycles. The first-order chi connectivity index (χ1) is 8.11. The third kappa shape index (κ3) is 2.47. The lowest BCUT2D eigenvalue weighted by Gasteiger charge is -2.09. The van der Waals surface area contributed by atoms with E-state index in [9.17, 15) is 9.59 Å². The molecule has 0 fully saturated rings. The van der Waals surface area contributed by atoms with Crippen molar-refractivity contribution in [2.45, 2.75) is 26.2 Å². The van der Waals surface area contributed by atoms with Crippen LogP contribution in [0.4, 0.5) is 0 Å². The van der Waals surface area contributed by atoms with Crippen LogP contribution in [0.5, 0.6) is 0 Å². The molecule has 2 rings (SSSR count). The zero-order valence-corrected chi connectivity index (χ0v) is 10.7. The maximum atomic E-state index is 11.5. The predicted molar refractivity (Wildman–Crippen MR) is 67.2 cm³/mol. The third-order valence-corrected chi connectivity index (χ3v) is 4.15. The van der Waals surface area contributed by atoms with Crippen molar-refractivity contribution in [3.8, 4) is 0 Å². The molecule has 1 heterocycles. The van der Waals surface area contributed by atoms with E-state index in [1.165, 1.54) is 24.0 Å². The van der Waals surface area contributed by atoms with Crippen molar-refractivity contribution in [3.05, 3.63) is 27.5 Å². The maximum absolute atomic E-state index is 11.5. The Kier molecular flexibility index (Phi) is 3.43. The van der Waals surface area contributed by atoms with Crippen molar-refractivity contribution < 1.29 is 14.3 Å². The van der Waals surface area contributed by atoms with E-state index in [1.807, 2.05) is 19.1 Å². The molecule has 1 aliphatic rings. The smallest absolute Gasteiger partial charge is 0.348 e. The second kappa shape index (κ2) is 4.84. The second-order valence-corrected chi connectivity index (χ2v) is 5.14. The molecule has 0 atom stereocenters. The highest BCUT2D eigenvalue weighted by atomic mass is 32.1. The van der Waals surface area contributed by atoms with Crippen LogP contribution in [0.3, 0.4) is 0 Å². The van der Waals surface area contributed by atoms with Crippen LogP contribution in [0, 0.1) is 6.92 Å². The molecule has 0 spiro atoms. The molecule has 90 valence electrons. The number of aryl methyl sites for hydroxylation is 1. The molecule has 0 bridgehead atoms. The van der Waals surface area contributed by atoms with Crippen LogP contribution in [0.25, 0.3) is 5.57 Å². The minimum Gasteiger partial charge on any atom is -0.465 e. The number of ether oxygens (including phenoxy) is 1. The molecule has 17 heavy (non-hydrogen) atoms. The Bertz CT molecular complexity index is 497. The van der Waals surface area contributed by atoms with Gasteiger partial charge in [-0.2, -0.15) is 0 Å². The van der Waals surface area contributed by atoms with Crippen LogP contribution in [-0.4, -0.2) is 18.9 Å². The fourth-order valence-corrected chi connectivity index (χ4v) is 3.03. The summed E-state index contributed by atoms with van der Waals surface area (Å²) >= 11 is 1.45. The van der Waals surface area contributed by atoms with Crippen LogP contribution in [-0.2, 0) is 9.53 Å². The number of Topliss-reactive ketones (excluding diaryl/α,β-unsaturated/α-hetero) is 1. The van der Waals surface area contributed by atoms with Gasteiger partial charge < -0.3 is 4.74 Å². The topological polar surface area (TPSA) is 43.4 Å². The van der Waals surface area contributed by atoms with E-state index in [1.54, 1.807) is 0 Å². The van der Waals surface area contributed by atoms with Crippen molar-refractivity contribution in [1.29, 1.82) is 0 Å². The number of esters is 1. The number of carbonyl (C=O) groups excluding carboxylic acids is 2. The number of carbonyl (C=O) groups is 2. The molecule has 0 aliphatic heterocycles. The van der Waals surface area contributed by atoms with Crippen molar-refractivity contribution >= 4 is 28.7 Å². The Balaban J connectivity index is 2.29. The SMILES string of the molecule is COC(=O)c1sc(C2=CCC(=O)CC2)cc1C. The van der Waals surface area contributed by atoms with Gasteiger partial charge in [-0.25, -0.2) is 4.79 Å². The summed E-state index contributed by atoms with van der Waals surface area (Å²) in [7, 11) is 1.39. The predicted octanol–water partition coefficient (Wildman–Crippen LogP) is 2.98. The largest absolute Gasteiger partial charge is 0.465 e. The minimum atomic E-state index is -0.286. The lowest BCUT2D eigenvalue weighted by Crippen LogP contribution is -2.02. The van der Waals surface area contributed by atoms with E-state index in [2.05, 4.69) is 0 Å². The lowest BCUT2D eigenvalue weighted by atomic mass is 9.97. The number of allylic oxidation sites excluding steroid dienone is 2. The number of hydrogen-bond acceptors (Lipinski definition) is 4. The molecule has 3 nitrogen and oxygen atoms in total. The summed E-state index contributed by atoms with van der Waals surface area (Å²) in [4.78, 5) is 24.4. The van der Waals surface area contributed by atoms with Gasteiger partial charge in [-0.1, -0.05) is 6.08 Å². The Morgan fingerprint density at radius 2 is 2.18 bits per heavy atom. The highest BCUT2D eigenvalue weighted by Gasteiger charge is 2.18. The molecular formula is C13H14O3S. The number of methoxy groups -OCH3 is 1. The van der Waals surface area contributed by atoms with E-state index in [0.29, 0.717) is 17.7 Å². The number of hydrogen-bond donors (Lipinski definition) is 0. The van der Waals surface area contributed by atoms with Gasteiger partial charge in [0.05, 0.1) is 7.11 Å². The molecule has 4 heteroatoms. The molecule has 1 aromatic rings. The Hall–Kier alpha value is -1.42. The first-order valence-electron chi connectivity index (χ1n) is 5.51. The molecular weight excluding hydrogens is 236 g/mol. The minimum absolute atomic E-state index is 0.286. The summed E-state index contributed by atoms with van der Waals surface area (Å²) in [5, 5.41) is 0. The summed E-state index contributed by atoms with van der Waals surface area (Å²) in [5.74, 6) is 0.00135. The third-order valence-electron chi connectivity index (χ3n) is 2.85. The summed E-state index contributed by atoms with van der Waals surface area (Å²) < 4.78 is 4.73. The molecule has 0 unspecified atom stereocenters. The molecule has 0 aromatic carbocycles. The van der Waals surface area contributed by atoms with E-state index in [4.69, 9.17) is 4.74 Å². The zero-order chi connectivity index (χ0) is 12.4. The summed E-state index contributed by atoms with van der Waals surface area (Å²) in [6.45, 7) is 1.90. The lowest BCUT2D eigenvalue weighted by molar-refractivity contribution is -0.118. The highest BCUT2D eigenvalue weighted by molar-refractivity contribution is 7.15. The van der Waals surface area contributed by atoms with Crippen LogP contribution >= 0.6 is 11.3 Å². The summed E-state index contributed by atoms with van der Waals surface area (Å²) in [5.41, 5.74) is 2.11. The first-order valence-corrected chi connectivity index (χ1v) is 6.33. The second-order valence-electron chi connectivity index (χ2n) is 4.09. The average Bonchev–Trinajstić information content (AvgIpc) is 2.71. The van der Waals surface area contributed by atoms with Gasteiger partial charge in [-0.15, -0.1) is 11.3 Å². The Morgan fingerprint density at radius 3 is 2.76 bits per heavy atom. The van der Waals surface area contributed by atoms with Gasteiger partial charge in [0, 0.05) is 17.7 Å². The van der Waals surface area contributed by atoms with Gasteiger partial charge in [-0.3, -0.25) is 4.79 Å². The van der Waals surface area contributed by atoms with Gasteiger partial charge in [0.1, 0.15) is 10.7 Å². The van der Waals surface area contributed by atoms with Gasteiger partial charge in [0.2, 0.25) is 0 Å². The van der Waals surface area contributed by atoms with Crippen LogP contribution in [0.15, 0.2) is 12.1 Å². The zero-order valence-electron chi connectivity index (χ0n) is 9.91. The van der Waals surface area contributed by atoms with Crippen molar-refractivity contribution in [2.24, 2.45) is 0 Å². The van der Waals surface area contributed by atoms with Crippen LogP contribution in [0.1, 0.15) is 39.4 Å². The van der Waals surface area contributed by atoms with Crippen molar-refractivity contribution in [3.63, 3.8) is 0 Å². The normalized spacial score (nSPS) is 15.6. The quantitative estimate of drug-likeness (QED) is 0.758. The molecule has 0 radical (unpaired) electrons. The van der Waals surface area contributed by atoms with Gasteiger partial charge in [0.15, 0.2) is 0 Å². The number of thiophene rings is 1. The fraction of sp³-hybridized carbons (Fsp3) is 0.385. The van der Waals surface area contributed by atoms with E-state index in [0.717, 1.165) is 16.9 Å². The highest BCUT2D eigenvalue weighted by Crippen LogP contribution is 2.33. The molecule has 1 aromatic heterocycles. The fourth-order valence-electron chi connectivity index (χ4n) is 1.87. The Morgan fingerprint density at radius 1 is 1.41 bits per heavy atom. The van der Waals surface area contributed by atoms with E-state index < -0.39 is 0 Å². The standard InChI is InChI=1S/C13H14O3S/c1-8-7-11(17-12(8)13(15)16-2)9-3-5-10(14)6-4-9/h3,7H,4-6H2,1-2H3. The van der Waals surface area contributed by atoms with Gasteiger partial charge in [0.25, 0.3) is 0 Å². The van der Waals surface area contributed by atoms with Crippen molar-refractivity contribution in [2.75, 3.05) is 7.11 Å². The van der Waals surface area contributed by atoms with Gasteiger partial charge in [-0.05, 0) is 30.5 Å². The van der Waals surface area contributed by atoms with Gasteiger partial charge >= 0.3 is 5.97 Å². The molecule has 1 aliphatic carbocycles. The summed E-state index contributed by atoms with van der Waals surface area (Å²) in [6.07, 6.45) is 3.87. The number of ketones is 1. The number of rotatable bonds is 2. The maximum Gasteiger partial charge on any atom is 0.348 e.